The second-order valence-electron chi connectivity index (χ2n) is 8.98. The van der Waals surface area contributed by atoms with Gasteiger partial charge in [-0.05, 0) is 59.2 Å². The van der Waals surface area contributed by atoms with Crippen molar-refractivity contribution in [1.82, 2.24) is 10.3 Å². The molecule has 0 radical (unpaired) electrons. The van der Waals surface area contributed by atoms with Crippen molar-refractivity contribution in [2.24, 2.45) is 0 Å². The van der Waals surface area contributed by atoms with Crippen LogP contribution in [0.25, 0.3) is 22.0 Å². The minimum Gasteiger partial charge on any atom is -0.348 e. The van der Waals surface area contributed by atoms with E-state index >= 15 is 0 Å². The van der Waals surface area contributed by atoms with Gasteiger partial charge in [0.05, 0.1) is 16.6 Å². The van der Waals surface area contributed by atoms with E-state index in [-0.39, 0.29) is 12.5 Å². The van der Waals surface area contributed by atoms with E-state index in [4.69, 9.17) is 11.6 Å². The van der Waals surface area contributed by atoms with Gasteiger partial charge in [-0.1, -0.05) is 66.2 Å². The lowest BCUT2D eigenvalue weighted by molar-refractivity contribution is -0.137. The van der Waals surface area contributed by atoms with Gasteiger partial charge in [-0.3, -0.25) is 14.6 Å². The molecule has 2 N–H and O–H groups in total. The van der Waals surface area contributed by atoms with E-state index < -0.39 is 17.6 Å². The van der Waals surface area contributed by atoms with Gasteiger partial charge in [0, 0.05) is 34.4 Å². The number of carbonyl (C=O) groups is 2. The molecule has 0 aliphatic heterocycles. The first kappa shape index (κ1) is 26.9. The number of amides is 2. The van der Waals surface area contributed by atoms with Crippen LogP contribution in [0.1, 0.15) is 31.8 Å². The minimum absolute atomic E-state index is 0.273. The van der Waals surface area contributed by atoms with Gasteiger partial charge in [0.25, 0.3) is 11.8 Å². The van der Waals surface area contributed by atoms with Crippen molar-refractivity contribution in [1.29, 1.82) is 0 Å². The number of benzene rings is 4. The number of hydrogen-bond acceptors (Lipinski definition) is 3. The zero-order valence-electron chi connectivity index (χ0n) is 20.8. The van der Waals surface area contributed by atoms with Gasteiger partial charge in [-0.25, -0.2) is 0 Å². The molecule has 0 saturated carbocycles. The predicted molar refractivity (Wildman–Crippen MR) is 149 cm³/mol. The number of carbonyl (C=O) groups excluding carboxylic acids is 2. The summed E-state index contributed by atoms with van der Waals surface area (Å²) >= 11 is 6.15. The molecule has 0 atom stereocenters. The van der Waals surface area contributed by atoms with Crippen LogP contribution in [0.3, 0.4) is 0 Å². The molecule has 0 aliphatic carbocycles. The number of halogens is 4. The van der Waals surface area contributed by atoms with Crippen LogP contribution in [-0.4, -0.2) is 16.8 Å². The topological polar surface area (TPSA) is 71.1 Å². The van der Waals surface area contributed by atoms with E-state index in [1.54, 1.807) is 54.6 Å². The van der Waals surface area contributed by atoms with E-state index in [0.717, 1.165) is 17.7 Å². The third kappa shape index (κ3) is 5.97. The first-order chi connectivity index (χ1) is 19.2. The average molecular weight is 560 g/mol. The van der Waals surface area contributed by atoms with E-state index in [1.807, 2.05) is 18.2 Å². The molecule has 0 fully saturated rings. The highest BCUT2D eigenvalue weighted by molar-refractivity contribution is 6.31. The SMILES string of the molecule is O=C(NCc1ccccc1Cl)c1cnc2cc(NC(=O)c3ccccc3-c3ccc(C(F)(F)F)cc3)ccc2c1. The van der Waals surface area contributed by atoms with Crippen LogP contribution < -0.4 is 10.6 Å². The van der Waals surface area contributed by atoms with Crippen LogP contribution in [0.5, 0.6) is 0 Å². The quantitative estimate of drug-likeness (QED) is 0.223. The van der Waals surface area contributed by atoms with Crippen molar-refractivity contribution in [3.8, 4) is 11.1 Å². The Hall–Kier alpha value is -4.69. The summed E-state index contributed by atoms with van der Waals surface area (Å²) in [6, 6.07) is 25.4. The number of nitrogens with one attached hydrogen (secondary N) is 2. The molecule has 5 nitrogen and oxygen atoms in total. The minimum atomic E-state index is -4.44. The molecule has 1 aromatic heterocycles. The summed E-state index contributed by atoms with van der Waals surface area (Å²) < 4.78 is 38.9. The first-order valence-electron chi connectivity index (χ1n) is 12.2. The van der Waals surface area contributed by atoms with Gasteiger partial charge >= 0.3 is 6.18 Å². The van der Waals surface area contributed by atoms with E-state index in [0.29, 0.717) is 43.9 Å². The van der Waals surface area contributed by atoms with Crippen molar-refractivity contribution < 1.29 is 22.8 Å². The molecule has 5 aromatic rings. The van der Waals surface area contributed by atoms with Crippen LogP contribution in [0.4, 0.5) is 18.9 Å². The van der Waals surface area contributed by atoms with Gasteiger partial charge in [-0.2, -0.15) is 13.2 Å². The summed E-state index contributed by atoms with van der Waals surface area (Å²) in [6.07, 6.45) is -2.99. The van der Waals surface area contributed by atoms with Gasteiger partial charge in [0.1, 0.15) is 0 Å². The third-order valence-corrected chi connectivity index (χ3v) is 6.67. The molecule has 0 bridgehead atoms. The zero-order chi connectivity index (χ0) is 28.3. The van der Waals surface area contributed by atoms with Crippen LogP contribution in [0.15, 0.2) is 103 Å². The largest absolute Gasteiger partial charge is 0.416 e. The average Bonchev–Trinajstić information content (AvgIpc) is 2.96. The maximum atomic E-state index is 13.2. The molecule has 0 spiro atoms. The van der Waals surface area contributed by atoms with Crippen LogP contribution in [0, 0.1) is 0 Å². The summed E-state index contributed by atoms with van der Waals surface area (Å²) in [5, 5.41) is 6.92. The highest BCUT2D eigenvalue weighted by atomic mass is 35.5. The van der Waals surface area contributed by atoms with E-state index in [1.165, 1.54) is 18.3 Å². The molecule has 9 heteroatoms. The summed E-state index contributed by atoms with van der Waals surface area (Å²) in [6.45, 7) is 0.273. The molecule has 0 aliphatic rings. The van der Waals surface area contributed by atoms with Crippen molar-refractivity contribution in [2.45, 2.75) is 12.7 Å². The normalized spacial score (nSPS) is 11.3. The van der Waals surface area contributed by atoms with Crippen molar-refractivity contribution in [3.05, 3.63) is 131 Å². The Labute approximate surface area is 232 Å². The Morgan fingerprint density at radius 1 is 0.825 bits per heavy atom. The molecular weight excluding hydrogens is 539 g/mol. The van der Waals surface area contributed by atoms with Crippen LogP contribution >= 0.6 is 11.6 Å². The number of anilines is 1. The molecule has 40 heavy (non-hydrogen) atoms. The number of alkyl halides is 3. The van der Waals surface area contributed by atoms with Gasteiger partial charge in [0.2, 0.25) is 0 Å². The second kappa shape index (κ2) is 11.2. The molecule has 0 unspecified atom stereocenters. The number of aromatic nitrogens is 1. The number of fused-ring (bicyclic) bond motifs is 1. The van der Waals surface area contributed by atoms with Crippen LogP contribution in [0.2, 0.25) is 5.02 Å². The molecule has 2 amide bonds. The van der Waals surface area contributed by atoms with E-state index in [2.05, 4.69) is 15.6 Å². The summed E-state index contributed by atoms with van der Waals surface area (Å²) in [7, 11) is 0. The van der Waals surface area contributed by atoms with Crippen LogP contribution in [-0.2, 0) is 12.7 Å². The first-order valence-corrected chi connectivity index (χ1v) is 12.6. The van der Waals surface area contributed by atoms with Gasteiger partial charge in [0.15, 0.2) is 0 Å². The molecule has 0 saturated heterocycles. The predicted octanol–water partition coefficient (Wildman–Crippen LogP) is 7.76. The Balaban J connectivity index is 1.31. The Bertz CT molecular complexity index is 1720. The molecule has 200 valence electrons. The summed E-state index contributed by atoms with van der Waals surface area (Å²) in [5.41, 5.74) is 2.75. The molecular formula is C31H21ClF3N3O2. The van der Waals surface area contributed by atoms with Crippen molar-refractivity contribution >= 4 is 40.0 Å². The monoisotopic (exact) mass is 559 g/mol. The van der Waals surface area contributed by atoms with E-state index in [9.17, 15) is 22.8 Å². The number of pyridine rings is 1. The Morgan fingerprint density at radius 2 is 1.55 bits per heavy atom. The van der Waals surface area contributed by atoms with Gasteiger partial charge < -0.3 is 10.6 Å². The number of nitrogens with zero attached hydrogens (tertiary/aromatic N) is 1. The maximum absolute atomic E-state index is 13.2. The smallest absolute Gasteiger partial charge is 0.348 e. The summed E-state index contributed by atoms with van der Waals surface area (Å²) in [5.74, 6) is -0.725. The molecule has 4 aromatic carbocycles. The standard InChI is InChI=1S/C31H21ClF3N3O2/c32-27-8-4-1-5-21(27)17-37-29(39)22-15-20-11-14-24(16-28(20)36-18-22)38-30(40)26-7-3-2-6-25(26)19-9-12-23(13-10-19)31(33,34)35/h1-16,18H,17H2,(H,37,39)(H,38,40). The lowest BCUT2D eigenvalue weighted by Gasteiger charge is -2.12. The molecule has 5 rings (SSSR count). The summed E-state index contributed by atoms with van der Waals surface area (Å²) in [4.78, 5) is 30.2. The lowest BCUT2D eigenvalue weighted by atomic mass is 9.98. The maximum Gasteiger partial charge on any atom is 0.416 e. The highest BCUT2D eigenvalue weighted by Gasteiger charge is 2.30. The Kier molecular flexibility index (Phi) is 7.53. The van der Waals surface area contributed by atoms with Crippen molar-refractivity contribution in [3.63, 3.8) is 0 Å². The van der Waals surface area contributed by atoms with Crippen molar-refractivity contribution in [2.75, 3.05) is 5.32 Å². The highest BCUT2D eigenvalue weighted by Crippen LogP contribution is 2.32. The molecule has 1 heterocycles. The number of rotatable bonds is 6. The fraction of sp³-hybridized carbons (Fsp3) is 0.0645. The fourth-order valence-corrected chi connectivity index (χ4v) is 4.42. The number of hydrogen-bond donors (Lipinski definition) is 2. The fourth-order valence-electron chi connectivity index (χ4n) is 4.21. The second-order valence-corrected chi connectivity index (χ2v) is 9.39. The Morgan fingerprint density at radius 3 is 2.30 bits per heavy atom. The van der Waals surface area contributed by atoms with Gasteiger partial charge in [-0.15, -0.1) is 0 Å². The third-order valence-electron chi connectivity index (χ3n) is 6.30. The lowest BCUT2D eigenvalue weighted by Crippen LogP contribution is -2.23. The zero-order valence-corrected chi connectivity index (χ0v) is 21.6.